The van der Waals surface area contributed by atoms with Crippen LogP contribution in [0, 0.1) is 12.8 Å². The summed E-state index contributed by atoms with van der Waals surface area (Å²) < 4.78 is 0. The molecule has 63 valence electrons. The number of hydrogen-bond acceptors (Lipinski definition) is 3. The Hall–Kier alpha value is -0.700. The molecule has 1 radical (unpaired) electrons. The van der Waals surface area contributed by atoms with Crippen LogP contribution in [0.1, 0.15) is 20.3 Å². The van der Waals surface area contributed by atoms with Crippen molar-refractivity contribution in [1.82, 2.24) is 0 Å². The predicted molar refractivity (Wildman–Crippen MR) is 40.8 cm³/mol. The van der Waals surface area contributed by atoms with Crippen LogP contribution in [0.5, 0.6) is 0 Å². The van der Waals surface area contributed by atoms with Gasteiger partial charge in [-0.3, -0.25) is 9.59 Å². The van der Waals surface area contributed by atoms with Crippen molar-refractivity contribution in [3.63, 3.8) is 0 Å². The van der Waals surface area contributed by atoms with E-state index in [2.05, 4.69) is 6.92 Å². The Morgan fingerprint density at radius 2 is 1.73 bits per heavy atom. The first-order valence-corrected chi connectivity index (χ1v) is 3.49. The number of aliphatic hydroxyl groups excluding tert-OH is 1. The van der Waals surface area contributed by atoms with Gasteiger partial charge in [0.15, 0.2) is 0 Å². The molecule has 0 aliphatic carbocycles. The minimum Gasteiger partial charge on any atom is -0.392 e. The molecule has 0 bridgehead atoms. The summed E-state index contributed by atoms with van der Waals surface area (Å²) >= 11 is 0. The third-order valence-corrected chi connectivity index (χ3v) is 1.56. The maximum atomic E-state index is 10.8. The van der Waals surface area contributed by atoms with Crippen LogP contribution in [0.3, 0.4) is 0 Å². The van der Waals surface area contributed by atoms with Crippen molar-refractivity contribution >= 4 is 11.6 Å². The highest BCUT2D eigenvalue weighted by molar-refractivity contribution is 6.00. The zero-order valence-electron chi connectivity index (χ0n) is 6.83. The van der Waals surface area contributed by atoms with Crippen LogP contribution in [0.25, 0.3) is 0 Å². The van der Waals surface area contributed by atoms with Crippen LogP contribution in [0.15, 0.2) is 0 Å². The minimum absolute atomic E-state index is 0.184. The molecule has 1 unspecified atom stereocenters. The molecule has 0 saturated heterocycles. The molecule has 0 aliphatic rings. The van der Waals surface area contributed by atoms with Gasteiger partial charge in [0, 0.05) is 0 Å². The number of ketones is 2. The zero-order valence-corrected chi connectivity index (χ0v) is 6.83. The molecular weight excluding hydrogens is 144 g/mol. The van der Waals surface area contributed by atoms with Crippen molar-refractivity contribution in [2.75, 3.05) is 0 Å². The summed E-state index contributed by atoms with van der Waals surface area (Å²) in [6.07, 6.45) is -0.742. The van der Waals surface area contributed by atoms with Gasteiger partial charge >= 0.3 is 0 Å². The number of Topliss-reactive ketones (excluding diaryl/α,β-unsaturated/α-hetero) is 2. The topological polar surface area (TPSA) is 54.4 Å². The molecule has 0 rings (SSSR count). The molecule has 0 fully saturated rings. The Morgan fingerprint density at radius 3 is 1.82 bits per heavy atom. The first-order valence-electron chi connectivity index (χ1n) is 3.49. The number of hydrogen-bond donors (Lipinski definition) is 1. The Morgan fingerprint density at radius 1 is 1.36 bits per heavy atom. The molecule has 0 saturated carbocycles. The van der Waals surface area contributed by atoms with E-state index in [4.69, 9.17) is 5.11 Å². The van der Waals surface area contributed by atoms with E-state index in [1.165, 1.54) is 13.8 Å². The molecule has 3 nitrogen and oxygen atoms in total. The summed E-state index contributed by atoms with van der Waals surface area (Å²) in [5.41, 5.74) is 0. The lowest BCUT2D eigenvalue weighted by molar-refractivity contribution is -0.134. The average molecular weight is 157 g/mol. The zero-order chi connectivity index (χ0) is 9.02. The molecule has 0 aromatic carbocycles. The normalized spacial score (nSPS) is 13.2. The minimum atomic E-state index is -0.926. The van der Waals surface area contributed by atoms with Crippen LogP contribution >= 0.6 is 0 Å². The fourth-order valence-electron chi connectivity index (χ4n) is 0.995. The SMILES string of the molecule is [CH2]CC(O)C(C(C)=O)C(C)=O. The summed E-state index contributed by atoms with van der Waals surface area (Å²) in [6, 6.07) is 0. The van der Waals surface area contributed by atoms with Gasteiger partial charge in [-0.25, -0.2) is 0 Å². The standard InChI is InChI=1S/C8H13O3/c1-4-7(11)8(5(2)9)6(3)10/h7-8,11H,1,4H2,2-3H3. The van der Waals surface area contributed by atoms with E-state index in [-0.39, 0.29) is 18.0 Å². The largest absolute Gasteiger partial charge is 0.392 e. The third kappa shape index (κ3) is 2.80. The van der Waals surface area contributed by atoms with Gasteiger partial charge in [-0.2, -0.15) is 0 Å². The lowest BCUT2D eigenvalue weighted by Gasteiger charge is -2.15. The first-order chi connectivity index (χ1) is 5.00. The van der Waals surface area contributed by atoms with Crippen LogP contribution in [0.2, 0.25) is 0 Å². The maximum absolute atomic E-state index is 10.8. The molecule has 1 N–H and O–H groups in total. The van der Waals surface area contributed by atoms with Crippen molar-refractivity contribution in [2.45, 2.75) is 26.4 Å². The van der Waals surface area contributed by atoms with E-state index in [9.17, 15) is 9.59 Å². The van der Waals surface area contributed by atoms with Gasteiger partial charge in [-0.05, 0) is 20.3 Å². The summed E-state index contributed by atoms with van der Waals surface area (Å²) in [7, 11) is 0. The smallest absolute Gasteiger partial charge is 0.142 e. The molecule has 0 aromatic rings. The van der Waals surface area contributed by atoms with Gasteiger partial charge in [0.2, 0.25) is 0 Å². The van der Waals surface area contributed by atoms with Gasteiger partial charge in [0.1, 0.15) is 17.5 Å². The quantitative estimate of drug-likeness (QED) is 0.600. The fourth-order valence-corrected chi connectivity index (χ4v) is 0.995. The Kier molecular flexibility index (Phi) is 3.97. The fraction of sp³-hybridized carbons (Fsp3) is 0.625. The maximum Gasteiger partial charge on any atom is 0.142 e. The average Bonchev–Trinajstić information content (AvgIpc) is 1.85. The molecule has 1 atom stereocenters. The van der Waals surface area contributed by atoms with Gasteiger partial charge in [0.05, 0.1) is 6.10 Å². The second-order valence-corrected chi connectivity index (χ2v) is 2.55. The third-order valence-electron chi connectivity index (χ3n) is 1.56. The van der Waals surface area contributed by atoms with Gasteiger partial charge in [0.25, 0.3) is 0 Å². The first kappa shape index (κ1) is 10.3. The highest BCUT2D eigenvalue weighted by Gasteiger charge is 2.26. The molecule has 0 aromatic heterocycles. The van der Waals surface area contributed by atoms with Crippen molar-refractivity contribution in [3.8, 4) is 0 Å². The van der Waals surface area contributed by atoms with Crippen LogP contribution < -0.4 is 0 Å². The van der Waals surface area contributed by atoms with Crippen LogP contribution in [-0.4, -0.2) is 22.8 Å². The monoisotopic (exact) mass is 157 g/mol. The van der Waals surface area contributed by atoms with E-state index >= 15 is 0 Å². The Bertz CT molecular complexity index is 149. The highest BCUT2D eigenvalue weighted by atomic mass is 16.3. The second kappa shape index (κ2) is 4.23. The van der Waals surface area contributed by atoms with E-state index < -0.39 is 12.0 Å². The highest BCUT2D eigenvalue weighted by Crippen LogP contribution is 2.09. The van der Waals surface area contributed by atoms with E-state index in [1.807, 2.05) is 0 Å². The lowest BCUT2D eigenvalue weighted by Crippen LogP contribution is -2.31. The summed E-state index contributed by atoms with van der Waals surface area (Å²) in [4.78, 5) is 21.6. The number of carbonyl (C=O) groups is 2. The predicted octanol–water partition coefficient (Wildman–Crippen LogP) is 0.366. The molecule has 0 spiro atoms. The number of aliphatic hydroxyl groups is 1. The molecule has 11 heavy (non-hydrogen) atoms. The van der Waals surface area contributed by atoms with Crippen molar-refractivity contribution in [1.29, 1.82) is 0 Å². The van der Waals surface area contributed by atoms with E-state index in [1.54, 1.807) is 0 Å². The Balaban J connectivity index is 4.34. The van der Waals surface area contributed by atoms with Gasteiger partial charge in [-0.15, -0.1) is 0 Å². The van der Waals surface area contributed by atoms with Crippen molar-refractivity contribution < 1.29 is 14.7 Å². The van der Waals surface area contributed by atoms with E-state index in [0.29, 0.717) is 0 Å². The summed E-state index contributed by atoms with van der Waals surface area (Å²) in [6.45, 7) is 6.01. The lowest BCUT2D eigenvalue weighted by atomic mass is 9.93. The summed E-state index contributed by atoms with van der Waals surface area (Å²) in [5.74, 6) is -1.48. The van der Waals surface area contributed by atoms with E-state index in [0.717, 1.165) is 0 Å². The second-order valence-electron chi connectivity index (χ2n) is 2.55. The number of carbonyl (C=O) groups excluding carboxylic acids is 2. The summed E-state index contributed by atoms with van der Waals surface area (Å²) in [5, 5.41) is 9.15. The molecule has 0 heterocycles. The number of rotatable bonds is 4. The molecule has 0 aliphatic heterocycles. The Labute approximate surface area is 66.4 Å². The van der Waals surface area contributed by atoms with Crippen LogP contribution in [-0.2, 0) is 9.59 Å². The van der Waals surface area contributed by atoms with Gasteiger partial charge in [-0.1, -0.05) is 6.92 Å². The molecule has 3 heteroatoms. The molecule has 0 amide bonds. The molecular formula is C8H13O3. The van der Waals surface area contributed by atoms with Gasteiger partial charge < -0.3 is 5.11 Å². The van der Waals surface area contributed by atoms with Crippen molar-refractivity contribution in [2.24, 2.45) is 5.92 Å². The van der Waals surface area contributed by atoms with Crippen molar-refractivity contribution in [3.05, 3.63) is 6.92 Å². The van der Waals surface area contributed by atoms with Crippen LogP contribution in [0.4, 0.5) is 0 Å².